The number of amides is 1. The Morgan fingerprint density at radius 3 is 2.65 bits per heavy atom. The van der Waals surface area contributed by atoms with Crippen LogP contribution >= 0.6 is 27.3 Å². The van der Waals surface area contributed by atoms with Gasteiger partial charge in [0.2, 0.25) is 0 Å². The van der Waals surface area contributed by atoms with E-state index in [1.54, 1.807) is 36.4 Å². The molecule has 0 atom stereocenters. The molecule has 0 aliphatic heterocycles. The lowest BCUT2D eigenvalue weighted by Crippen LogP contribution is -2.11. The zero-order valence-electron chi connectivity index (χ0n) is 14.0. The van der Waals surface area contributed by atoms with Crippen LogP contribution in [0, 0.1) is 0 Å². The number of aromatic nitrogens is 1. The number of fused-ring (bicyclic) bond motifs is 1. The van der Waals surface area contributed by atoms with Crippen molar-refractivity contribution >= 4 is 54.5 Å². The lowest BCUT2D eigenvalue weighted by molar-refractivity contribution is 0.0601. The summed E-state index contributed by atoms with van der Waals surface area (Å²) in [5.41, 5.74) is 1.62. The number of anilines is 1. The second kappa shape index (κ2) is 7.84. The summed E-state index contributed by atoms with van der Waals surface area (Å²) >= 11 is 4.69. The minimum atomic E-state index is -0.412. The Balaban J connectivity index is 1.81. The molecule has 1 N–H and O–H groups in total. The number of methoxy groups -OCH3 is 1. The Bertz CT molecular complexity index is 986. The number of thiazole rings is 1. The highest BCUT2D eigenvalue weighted by Gasteiger charge is 2.13. The van der Waals surface area contributed by atoms with Gasteiger partial charge in [-0.2, -0.15) is 0 Å². The molecule has 134 valence electrons. The van der Waals surface area contributed by atoms with E-state index in [0.717, 1.165) is 4.70 Å². The van der Waals surface area contributed by atoms with Gasteiger partial charge in [0.05, 0.1) is 34.0 Å². The molecule has 26 heavy (non-hydrogen) atoms. The molecule has 0 fully saturated rings. The van der Waals surface area contributed by atoms with Crippen molar-refractivity contribution in [3.8, 4) is 5.75 Å². The van der Waals surface area contributed by atoms with Crippen molar-refractivity contribution < 1.29 is 19.1 Å². The maximum absolute atomic E-state index is 12.5. The van der Waals surface area contributed by atoms with Gasteiger partial charge in [0.1, 0.15) is 5.75 Å². The first-order valence-corrected chi connectivity index (χ1v) is 9.35. The van der Waals surface area contributed by atoms with E-state index < -0.39 is 5.97 Å². The van der Waals surface area contributed by atoms with Gasteiger partial charge in [-0.3, -0.25) is 10.1 Å². The quantitative estimate of drug-likeness (QED) is 0.598. The highest BCUT2D eigenvalue weighted by molar-refractivity contribution is 9.10. The van der Waals surface area contributed by atoms with Gasteiger partial charge < -0.3 is 9.47 Å². The smallest absolute Gasteiger partial charge is 0.337 e. The van der Waals surface area contributed by atoms with Crippen LogP contribution in [0.3, 0.4) is 0 Å². The molecule has 0 aliphatic rings. The molecule has 1 aromatic heterocycles. The predicted octanol–water partition coefficient (Wildman–Crippen LogP) is 4.50. The largest absolute Gasteiger partial charge is 0.493 e. The summed E-state index contributed by atoms with van der Waals surface area (Å²) in [6, 6.07) is 10.2. The van der Waals surface area contributed by atoms with E-state index in [9.17, 15) is 9.59 Å². The average molecular weight is 435 g/mol. The van der Waals surface area contributed by atoms with Gasteiger partial charge in [-0.05, 0) is 59.3 Å². The van der Waals surface area contributed by atoms with Crippen molar-refractivity contribution in [2.24, 2.45) is 0 Å². The van der Waals surface area contributed by atoms with Crippen LogP contribution in [-0.2, 0) is 4.74 Å². The molecule has 2 aromatic carbocycles. The SMILES string of the molecule is CCOc1ccc(C(=O)Nc2nc3ccc(C(=O)OC)cc3s2)cc1Br. The van der Waals surface area contributed by atoms with Gasteiger partial charge in [-0.25, -0.2) is 9.78 Å². The number of hydrogen-bond acceptors (Lipinski definition) is 6. The topological polar surface area (TPSA) is 77.5 Å². The third-order valence-electron chi connectivity index (χ3n) is 3.52. The van der Waals surface area contributed by atoms with Crippen molar-refractivity contribution in [2.45, 2.75) is 6.92 Å². The van der Waals surface area contributed by atoms with Crippen molar-refractivity contribution in [1.82, 2.24) is 4.98 Å². The predicted molar refractivity (Wildman–Crippen MR) is 104 cm³/mol. The third-order valence-corrected chi connectivity index (χ3v) is 5.08. The summed E-state index contributed by atoms with van der Waals surface area (Å²) in [5, 5.41) is 3.24. The number of ether oxygens (including phenoxy) is 2. The molecule has 0 bridgehead atoms. The second-order valence-corrected chi connectivity index (χ2v) is 7.11. The fraction of sp³-hybridized carbons (Fsp3) is 0.167. The van der Waals surface area contributed by atoms with Crippen LogP contribution < -0.4 is 10.1 Å². The number of rotatable bonds is 5. The maximum atomic E-state index is 12.5. The molecule has 0 saturated carbocycles. The van der Waals surface area contributed by atoms with Crippen LogP contribution in [0.5, 0.6) is 5.75 Å². The van der Waals surface area contributed by atoms with Crippen molar-refractivity contribution in [1.29, 1.82) is 0 Å². The Labute approximate surface area is 162 Å². The van der Waals surface area contributed by atoms with Crippen molar-refractivity contribution in [3.63, 3.8) is 0 Å². The highest BCUT2D eigenvalue weighted by atomic mass is 79.9. The van der Waals surface area contributed by atoms with Gasteiger partial charge in [0.15, 0.2) is 5.13 Å². The molecule has 0 radical (unpaired) electrons. The second-order valence-electron chi connectivity index (χ2n) is 5.23. The molecule has 0 spiro atoms. The van der Waals surface area contributed by atoms with E-state index >= 15 is 0 Å². The summed E-state index contributed by atoms with van der Waals surface area (Å²) in [5.74, 6) is -0.00880. The minimum Gasteiger partial charge on any atom is -0.493 e. The number of carbonyl (C=O) groups is 2. The maximum Gasteiger partial charge on any atom is 0.337 e. The molecule has 3 rings (SSSR count). The summed E-state index contributed by atoms with van der Waals surface area (Å²) in [4.78, 5) is 28.4. The van der Waals surface area contributed by atoms with E-state index in [1.165, 1.54) is 18.4 Å². The Kier molecular flexibility index (Phi) is 5.53. The summed E-state index contributed by atoms with van der Waals surface area (Å²) in [6.07, 6.45) is 0. The first-order chi connectivity index (χ1) is 12.5. The van der Waals surface area contributed by atoms with Gasteiger partial charge in [-0.1, -0.05) is 11.3 Å². The lowest BCUT2D eigenvalue weighted by atomic mass is 10.2. The number of halogens is 1. The van der Waals surface area contributed by atoms with Crippen molar-refractivity contribution in [2.75, 3.05) is 19.0 Å². The molecule has 1 amide bonds. The first-order valence-electron chi connectivity index (χ1n) is 7.74. The Morgan fingerprint density at radius 1 is 1.19 bits per heavy atom. The first kappa shape index (κ1) is 18.3. The van der Waals surface area contributed by atoms with E-state index in [2.05, 4.69) is 26.2 Å². The van der Waals surface area contributed by atoms with Gasteiger partial charge in [-0.15, -0.1) is 0 Å². The fourth-order valence-electron chi connectivity index (χ4n) is 2.31. The third kappa shape index (κ3) is 3.86. The monoisotopic (exact) mass is 434 g/mol. The minimum absolute atomic E-state index is 0.277. The highest BCUT2D eigenvalue weighted by Crippen LogP contribution is 2.29. The average Bonchev–Trinajstić information content (AvgIpc) is 3.04. The van der Waals surface area contributed by atoms with Crippen LogP contribution in [0.25, 0.3) is 10.2 Å². The zero-order chi connectivity index (χ0) is 18.7. The molecule has 3 aromatic rings. The van der Waals surface area contributed by atoms with E-state index in [-0.39, 0.29) is 5.91 Å². The molecular weight excluding hydrogens is 420 g/mol. The Hall–Kier alpha value is -2.45. The van der Waals surface area contributed by atoms with E-state index in [0.29, 0.717) is 38.6 Å². The van der Waals surface area contributed by atoms with Crippen molar-refractivity contribution in [3.05, 3.63) is 52.0 Å². The summed E-state index contributed by atoms with van der Waals surface area (Å²) < 4.78 is 11.7. The molecule has 0 unspecified atom stereocenters. The Morgan fingerprint density at radius 2 is 1.96 bits per heavy atom. The van der Waals surface area contributed by atoms with Gasteiger partial charge in [0.25, 0.3) is 5.91 Å². The lowest BCUT2D eigenvalue weighted by Gasteiger charge is -2.07. The molecular formula is C18H15BrN2O4S. The fourth-order valence-corrected chi connectivity index (χ4v) is 3.70. The molecule has 8 heteroatoms. The van der Waals surface area contributed by atoms with Crippen LogP contribution in [0.1, 0.15) is 27.6 Å². The zero-order valence-corrected chi connectivity index (χ0v) is 16.4. The van der Waals surface area contributed by atoms with E-state index in [1.807, 2.05) is 6.92 Å². The number of nitrogens with zero attached hydrogens (tertiary/aromatic N) is 1. The number of esters is 1. The molecule has 0 aliphatic carbocycles. The van der Waals surface area contributed by atoms with Crippen LogP contribution in [0.15, 0.2) is 40.9 Å². The molecule has 0 saturated heterocycles. The van der Waals surface area contributed by atoms with Gasteiger partial charge in [0, 0.05) is 5.56 Å². The van der Waals surface area contributed by atoms with Gasteiger partial charge >= 0.3 is 5.97 Å². The normalized spacial score (nSPS) is 10.6. The molecule has 1 heterocycles. The number of benzene rings is 2. The van der Waals surface area contributed by atoms with E-state index in [4.69, 9.17) is 9.47 Å². The van der Waals surface area contributed by atoms with Crippen LogP contribution in [-0.4, -0.2) is 30.6 Å². The summed E-state index contributed by atoms with van der Waals surface area (Å²) in [7, 11) is 1.33. The summed E-state index contributed by atoms with van der Waals surface area (Å²) in [6.45, 7) is 2.44. The molecule has 6 nitrogen and oxygen atoms in total. The van der Waals surface area contributed by atoms with Crippen LogP contribution in [0.4, 0.5) is 5.13 Å². The van der Waals surface area contributed by atoms with Crippen LogP contribution in [0.2, 0.25) is 0 Å². The number of nitrogens with one attached hydrogen (secondary N) is 1. The number of hydrogen-bond donors (Lipinski definition) is 1. The number of carbonyl (C=O) groups excluding carboxylic acids is 2. The standard InChI is InChI=1S/C18H15BrN2O4S/c1-3-25-14-7-5-10(8-12(14)19)16(22)21-18-20-13-6-4-11(17(23)24-2)9-15(13)26-18/h4-9H,3H2,1-2H3,(H,20,21,22).